The monoisotopic (exact) mass is 283 g/mol. The molecule has 1 saturated carbocycles. The first-order valence-electron chi connectivity index (χ1n) is 5.87. The summed E-state index contributed by atoms with van der Waals surface area (Å²) in [5.74, 6) is 1.90. The number of nitrogens with zero attached hydrogens (tertiary/aromatic N) is 3. The van der Waals surface area contributed by atoms with Crippen molar-refractivity contribution in [1.29, 1.82) is 0 Å². The number of hydrogen-bond acceptors (Lipinski definition) is 3. The van der Waals surface area contributed by atoms with Crippen molar-refractivity contribution in [2.24, 2.45) is 5.92 Å². The van der Waals surface area contributed by atoms with Gasteiger partial charge in [0.15, 0.2) is 0 Å². The van der Waals surface area contributed by atoms with Gasteiger partial charge in [0.25, 0.3) is 0 Å². The number of hydrogen-bond donors (Lipinski definition) is 0. The molecule has 0 radical (unpaired) electrons. The summed E-state index contributed by atoms with van der Waals surface area (Å²) in [6, 6.07) is 0.627. The van der Waals surface area contributed by atoms with E-state index in [0.717, 1.165) is 16.2 Å². The molecule has 1 aromatic heterocycles. The van der Waals surface area contributed by atoms with E-state index in [0.29, 0.717) is 6.04 Å². The quantitative estimate of drug-likeness (QED) is 0.834. The van der Waals surface area contributed by atoms with Crippen LogP contribution in [0.1, 0.15) is 32.6 Å². The van der Waals surface area contributed by atoms with E-state index < -0.39 is 0 Å². The van der Waals surface area contributed by atoms with Crippen LogP contribution in [0.25, 0.3) is 0 Å². The minimum absolute atomic E-state index is 0.627. The van der Waals surface area contributed by atoms with Crippen LogP contribution >= 0.6 is 15.9 Å². The molecule has 1 aromatic rings. The highest BCUT2D eigenvalue weighted by atomic mass is 79.9. The normalized spacial score (nSPS) is 25.4. The molecule has 2 rings (SSSR count). The molecule has 0 unspecified atom stereocenters. The fourth-order valence-corrected chi connectivity index (χ4v) is 2.87. The van der Waals surface area contributed by atoms with Crippen LogP contribution in [0.3, 0.4) is 0 Å². The van der Waals surface area contributed by atoms with Crippen molar-refractivity contribution in [3.05, 3.63) is 17.0 Å². The molecule has 0 amide bonds. The predicted octanol–water partition coefficient (Wildman–Crippen LogP) is 3.25. The summed E-state index contributed by atoms with van der Waals surface area (Å²) in [5, 5.41) is 0. The average molecular weight is 284 g/mol. The smallest absolute Gasteiger partial charge is 0.146 e. The highest BCUT2D eigenvalue weighted by Gasteiger charge is 2.23. The van der Waals surface area contributed by atoms with Crippen LogP contribution in [0.15, 0.2) is 17.0 Å². The Morgan fingerprint density at radius 1 is 1.31 bits per heavy atom. The summed E-state index contributed by atoms with van der Waals surface area (Å²) in [7, 11) is 2.13. The lowest BCUT2D eigenvalue weighted by molar-refractivity contribution is 0.339. The van der Waals surface area contributed by atoms with Gasteiger partial charge in [0.2, 0.25) is 0 Å². The molecule has 88 valence electrons. The molecule has 1 heterocycles. The van der Waals surface area contributed by atoms with E-state index >= 15 is 0 Å². The number of aromatic nitrogens is 2. The molecular formula is C12H18BrN3. The molecule has 1 fully saturated rings. The largest absolute Gasteiger partial charge is 0.356 e. The summed E-state index contributed by atoms with van der Waals surface area (Å²) in [6.45, 7) is 2.34. The third-order valence-electron chi connectivity index (χ3n) is 3.52. The Kier molecular flexibility index (Phi) is 3.79. The maximum absolute atomic E-state index is 4.34. The van der Waals surface area contributed by atoms with Gasteiger partial charge in [-0.05, 0) is 47.5 Å². The van der Waals surface area contributed by atoms with E-state index in [4.69, 9.17) is 0 Å². The standard InChI is InChI=1S/C12H18BrN3/c1-9-3-5-10(6-4-9)16(2)12-11(13)7-14-8-15-12/h7-10H,3-6H2,1-2H3. The van der Waals surface area contributed by atoms with Gasteiger partial charge in [-0.25, -0.2) is 9.97 Å². The van der Waals surface area contributed by atoms with Crippen LogP contribution in [0, 0.1) is 5.92 Å². The highest BCUT2D eigenvalue weighted by Crippen LogP contribution is 2.30. The van der Waals surface area contributed by atoms with E-state index in [-0.39, 0.29) is 0 Å². The lowest BCUT2D eigenvalue weighted by Crippen LogP contribution is -2.35. The van der Waals surface area contributed by atoms with Crippen molar-refractivity contribution in [3.63, 3.8) is 0 Å². The Morgan fingerprint density at radius 3 is 2.62 bits per heavy atom. The van der Waals surface area contributed by atoms with Crippen LogP contribution in [0.4, 0.5) is 5.82 Å². The molecule has 0 N–H and O–H groups in total. The van der Waals surface area contributed by atoms with Crippen LogP contribution in [0.5, 0.6) is 0 Å². The van der Waals surface area contributed by atoms with E-state index in [9.17, 15) is 0 Å². The maximum atomic E-state index is 4.34. The van der Waals surface area contributed by atoms with Gasteiger partial charge in [0.1, 0.15) is 12.1 Å². The Balaban J connectivity index is 2.07. The van der Waals surface area contributed by atoms with Gasteiger partial charge in [-0.1, -0.05) is 6.92 Å². The number of anilines is 1. The van der Waals surface area contributed by atoms with Crippen molar-refractivity contribution in [2.45, 2.75) is 38.6 Å². The van der Waals surface area contributed by atoms with Gasteiger partial charge < -0.3 is 4.90 Å². The van der Waals surface area contributed by atoms with Crippen LogP contribution in [-0.4, -0.2) is 23.1 Å². The Hall–Kier alpha value is -0.640. The van der Waals surface area contributed by atoms with Crippen LogP contribution in [-0.2, 0) is 0 Å². The van der Waals surface area contributed by atoms with Gasteiger partial charge in [0.05, 0.1) is 4.47 Å². The topological polar surface area (TPSA) is 29.0 Å². The molecule has 3 nitrogen and oxygen atoms in total. The molecule has 0 bridgehead atoms. The molecule has 0 aliphatic heterocycles. The molecule has 0 spiro atoms. The minimum Gasteiger partial charge on any atom is -0.356 e. The summed E-state index contributed by atoms with van der Waals surface area (Å²) in [4.78, 5) is 10.6. The molecule has 1 aliphatic carbocycles. The van der Waals surface area contributed by atoms with E-state index in [1.165, 1.54) is 25.7 Å². The zero-order chi connectivity index (χ0) is 11.5. The second kappa shape index (κ2) is 5.13. The molecule has 0 atom stereocenters. The first kappa shape index (κ1) is 11.8. The Labute approximate surface area is 105 Å². The number of rotatable bonds is 2. The Bertz CT molecular complexity index is 348. The maximum Gasteiger partial charge on any atom is 0.146 e. The van der Waals surface area contributed by atoms with Gasteiger partial charge >= 0.3 is 0 Å². The van der Waals surface area contributed by atoms with Crippen molar-refractivity contribution in [3.8, 4) is 0 Å². The zero-order valence-electron chi connectivity index (χ0n) is 9.86. The van der Waals surface area contributed by atoms with Gasteiger partial charge in [-0.3, -0.25) is 0 Å². The van der Waals surface area contributed by atoms with Crippen molar-refractivity contribution in [1.82, 2.24) is 9.97 Å². The first-order valence-corrected chi connectivity index (χ1v) is 6.66. The highest BCUT2D eigenvalue weighted by molar-refractivity contribution is 9.10. The van der Waals surface area contributed by atoms with E-state index in [2.05, 4.69) is 44.8 Å². The lowest BCUT2D eigenvalue weighted by Gasteiger charge is -2.34. The van der Waals surface area contributed by atoms with Crippen molar-refractivity contribution < 1.29 is 0 Å². The fraction of sp³-hybridized carbons (Fsp3) is 0.667. The first-order chi connectivity index (χ1) is 7.68. The number of halogens is 1. The van der Waals surface area contributed by atoms with Crippen molar-refractivity contribution >= 4 is 21.7 Å². The van der Waals surface area contributed by atoms with Gasteiger partial charge in [-0.2, -0.15) is 0 Å². The molecule has 1 aliphatic rings. The van der Waals surface area contributed by atoms with Crippen LogP contribution in [0.2, 0.25) is 0 Å². The van der Waals surface area contributed by atoms with Crippen LogP contribution < -0.4 is 4.90 Å². The predicted molar refractivity (Wildman–Crippen MR) is 69.6 cm³/mol. The molecular weight excluding hydrogens is 266 g/mol. The third-order valence-corrected chi connectivity index (χ3v) is 4.07. The van der Waals surface area contributed by atoms with E-state index in [1.807, 2.05) is 6.20 Å². The molecule has 4 heteroatoms. The molecule has 0 aromatic carbocycles. The average Bonchev–Trinajstić information content (AvgIpc) is 2.30. The summed E-state index contributed by atoms with van der Waals surface area (Å²) in [5.41, 5.74) is 0. The molecule has 16 heavy (non-hydrogen) atoms. The second-order valence-electron chi connectivity index (χ2n) is 4.72. The minimum atomic E-state index is 0.627. The van der Waals surface area contributed by atoms with E-state index in [1.54, 1.807) is 6.33 Å². The van der Waals surface area contributed by atoms with Gasteiger partial charge in [0, 0.05) is 19.3 Å². The zero-order valence-corrected chi connectivity index (χ0v) is 11.4. The fourth-order valence-electron chi connectivity index (χ4n) is 2.37. The second-order valence-corrected chi connectivity index (χ2v) is 5.57. The summed E-state index contributed by atoms with van der Waals surface area (Å²) in [6.07, 6.45) is 8.63. The van der Waals surface area contributed by atoms with Crippen molar-refractivity contribution in [2.75, 3.05) is 11.9 Å². The SMILES string of the molecule is CC1CCC(N(C)c2ncncc2Br)CC1. The lowest BCUT2D eigenvalue weighted by atomic mass is 9.87. The summed E-state index contributed by atoms with van der Waals surface area (Å²) >= 11 is 3.51. The van der Waals surface area contributed by atoms with Gasteiger partial charge in [-0.15, -0.1) is 0 Å². The Morgan fingerprint density at radius 2 is 2.00 bits per heavy atom. The molecule has 0 saturated heterocycles. The summed E-state index contributed by atoms with van der Waals surface area (Å²) < 4.78 is 0.983. The third kappa shape index (κ3) is 2.54.